The van der Waals surface area contributed by atoms with Crippen molar-refractivity contribution in [3.05, 3.63) is 53.7 Å². The molecular formula is C12H7F2NO. The Morgan fingerprint density at radius 3 is 2.38 bits per heavy atom. The van der Waals surface area contributed by atoms with Gasteiger partial charge in [0.25, 0.3) is 0 Å². The van der Waals surface area contributed by atoms with Crippen LogP contribution in [-0.4, -0.2) is 11.3 Å². The lowest BCUT2D eigenvalue weighted by Gasteiger charge is -2.05. The first kappa shape index (κ1) is 10.4. The molecule has 0 spiro atoms. The van der Waals surface area contributed by atoms with E-state index >= 15 is 0 Å². The summed E-state index contributed by atoms with van der Waals surface area (Å²) in [4.78, 5) is 14.6. The third kappa shape index (κ3) is 1.69. The minimum absolute atomic E-state index is 0.0214. The second-order valence-corrected chi connectivity index (χ2v) is 3.16. The van der Waals surface area contributed by atoms with Crippen LogP contribution in [-0.2, 0) is 0 Å². The molecule has 2 nitrogen and oxygen atoms in total. The molecule has 0 radical (unpaired) electrons. The second kappa shape index (κ2) is 4.18. The Morgan fingerprint density at radius 2 is 1.75 bits per heavy atom. The van der Waals surface area contributed by atoms with Gasteiger partial charge in [-0.3, -0.25) is 9.78 Å². The maximum absolute atomic E-state index is 13.5. The number of aromatic nitrogens is 1. The molecule has 0 saturated heterocycles. The highest BCUT2D eigenvalue weighted by Crippen LogP contribution is 2.25. The summed E-state index contributed by atoms with van der Waals surface area (Å²) in [6.07, 6.45) is 1.91. The van der Waals surface area contributed by atoms with Gasteiger partial charge in [0.2, 0.25) is 0 Å². The van der Waals surface area contributed by atoms with Crippen molar-refractivity contribution in [2.45, 2.75) is 0 Å². The molecule has 0 fully saturated rings. The third-order valence-corrected chi connectivity index (χ3v) is 2.17. The van der Waals surface area contributed by atoms with E-state index < -0.39 is 11.6 Å². The molecule has 0 aliphatic heterocycles. The zero-order chi connectivity index (χ0) is 11.5. The van der Waals surface area contributed by atoms with E-state index in [0.717, 1.165) is 12.1 Å². The summed E-state index contributed by atoms with van der Waals surface area (Å²) < 4.78 is 26.9. The maximum Gasteiger partial charge on any atom is 0.152 e. The zero-order valence-corrected chi connectivity index (χ0v) is 8.15. The molecule has 1 heterocycles. The monoisotopic (exact) mass is 219 g/mol. The van der Waals surface area contributed by atoms with E-state index in [1.807, 2.05) is 0 Å². The van der Waals surface area contributed by atoms with Crippen molar-refractivity contribution >= 4 is 6.29 Å². The van der Waals surface area contributed by atoms with E-state index in [4.69, 9.17) is 0 Å². The smallest absolute Gasteiger partial charge is 0.152 e. The second-order valence-electron chi connectivity index (χ2n) is 3.16. The van der Waals surface area contributed by atoms with Crippen LogP contribution < -0.4 is 0 Å². The lowest BCUT2D eigenvalue weighted by Crippen LogP contribution is -1.96. The van der Waals surface area contributed by atoms with Gasteiger partial charge in [0.15, 0.2) is 6.29 Å². The van der Waals surface area contributed by atoms with Crippen LogP contribution in [0.4, 0.5) is 8.78 Å². The highest BCUT2D eigenvalue weighted by Gasteiger charge is 2.15. The summed E-state index contributed by atoms with van der Waals surface area (Å²) in [6.45, 7) is 0. The van der Waals surface area contributed by atoms with E-state index in [0.29, 0.717) is 6.29 Å². The number of halogens is 2. The average Bonchev–Trinajstić information content (AvgIpc) is 2.29. The van der Waals surface area contributed by atoms with Crippen LogP contribution in [0.5, 0.6) is 0 Å². The van der Waals surface area contributed by atoms with Gasteiger partial charge in [-0.25, -0.2) is 8.78 Å². The van der Waals surface area contributed by atoms with E-state index in [-0.39, 0.29) is 16.8 Å². The summed E-state index contributed by atoms with van der Waals surface area (Å²) >= 11 is 0. The van der Waals surface area contributed by atoms with E-state index in [1.165, 1.54) is 24.4 Å². The van der Waals surface area contributed by atoms with Gasteiger partial charge in [0, 0.05) is 11.8 Å². The topological polar surface area (TPSA) is 30.0 Å². The third-order valence-electron chi connectivity index (χ3n) is 2.17. The highest BCUT2D eigenvalue weighted by atomic mass is 19.1. The molecule has 0 saturated carbocycles. The number of carbonyl (C=O) groups is 1. The Morgan fingerprint density at radius 1 is 1.06 bits per heavy atom. The number of hydrogen-bond donors (Lipinski definition) is 0. The summed E-state index contributed by atoms with van der Waals surface area (Å²) in [5.74, 6) is -1.47. The fourth-order valence-electron chi connectivity index (χ4n) is 1.45. The Balaban J connectivity index is 2.72. The first-order chi connectivity index (χ1) is 7.74. The zero-order valence-electron chi connectivity index (χ0n) is 8.15. The maximum atomic E-state index is 13.5. The van der Waals surface area contributed by atoms with Crippen molar-refractivity contribution in [2.24, 2.45) is 0 Å². The molecule has 4 heteroatoms. The van der Waals surface area contributed by atoms with Crippen LogP contribution in [0.1, 0.15) is 10.4 Å². The van der Waals surface area contributed by atoms with Gasteiger partial charge in [0.05, 0.1) is 11.3 Å². The van der Waals surface area contributed by atoms with Crippen LogP contribution in [0.15, 0.2) is 36.5 Å². The predicted octanol–water partition coefficient (Wildman–Crippen LogP) is 2.84. The number of hydrogen-bond acceptors (Lipinski definition) is 2. The normalized spacial score (nSPS) is 10.1. The standard InChI is InChI=1S/C12H7F2NO/c13-9-4-1-5-10(14)11(9)12-8(7-16)3-2-6-15-12/h1-7H. The van der Waals surface area contributed by atoms with Crippen molar-refractivity contribution in [3.63, 3.8) is 0 Å². The Hall–Kier alpha value is -2.10. The molecule has 0 amide bonds. The molecule has 0 aliphatic rings. The Labute approximate surface area is 90.6 Å². The molecule has 80 valence electrons. The van der Waals surface area contributed by atoms with E-state index in [9.17, 15) is 13.6 Å². The highest BCUT2D eigenvalue weighted by molar-refractivity contribution is 5.85. The minimum Gasteiger partial charge on any atom is -0.298 e. The van der Waals surface area contributed by atoms with Crippen LogP contribution in [0, 0.1) is 11.6 Å². The Bertz CT molecular complexity index is 520. The van der Waals surface area contributed by atoms with Gasteiger partial charge < -0.3 is 0 Å². The van der Waals surface area contributed by atoms with Gasteiger partial charge >= 0.3 is 0 Å². The molecule has 0 atom stereocenters. The molecular weight excluding hydrogens is 212 g/mol. The molecule has 1 aromatic carbocycles. The lowest BCUT2D eigenvalue weighted by atomic mass is 10.1. The number of pyridine rings is 1. The SMILES string of the molecule is O=Cc1cccnc1-c1c(F)cccc1F. The van der Waals surface area contributed by atoms with Gasteiger partial charge in [0.1, 0.15) is 11.6 Å². The van der Waals surface area contributed by atoms with Crippen molar-refractivity contribution in [1.29, 1.82) is 0 Å². The fourth-order valence-corrected chi connectivity index (χ4v) is 1.45. The summed E-state index contributed by atoms with van der Waals surface area (Å²) in [7, 11) is 0. The average molecular weight is 219 g/mol. The quantitative estimate of drug-likeness (QED) is 0.727. The largest absolute Gasteiger partial charge is 0.298 e. The van der Waals surface area contributed by atoms with Crippen molar-refractivity contribution in [3.8, 4) is 11.3 Å². The molecule has 2 rings (SSSR count). The summed E-state index contributed by atoms with van der Waals surface area (Å²) in [5.41, 5.74) is -0.0928. The molecule has 0 bridgehead atoms. The van der Waals surface area contributed by atoms with Crippen LogP contribution >= 0.6 is 0 Å². The lowest BCUT2D eigenvalue weighted by molar-refractivity contribution is 0.112. The molecule has 0 aliphatic carbocycles. The van der Waals surface area contributed by atoms with Gasteiger partial charge in [-0.15, -0.1) is 0 Å². The molecule has 2 aromatic rings. The minimum atomic E-state index is -0.734. The van der Waals surface area contributed by atoms with E-state index in [1.54, 1.807) is 0 Å². The van der Waals surface area contributed by atoms with Crippen LogP contribution in [0.2, 0.25) is 0 Å². The number of benzene rings is 1. The van der Waals surface area contributed by atoms with Crippen molar-refractivity contribution in [1.82, 2.24) is 4.98 Å². The number of aldehydes is 1. The van der Waals surface area contributed by atoms with Crippen molar-refractivity contribution in [2.75, 3.05) is 0 Å². The summed E-state index contributed by atoms with van der Waals surface area (Å²) in [5, 5.41) is 0. The number of nitrogens with zero attached hydrogens (tertiary/aromatic N) is 1. The molecule has 0 unspecified atom stereocenters. The van der Waals surface area contributed by atoms with E-state index in [2.05, 4.69) is 4.98 Å². The Kier molecular flexibility index (Phi) is 2.72. The molecule has 1 aromatic heterocycles. The fraction of sp³-hybridized carbons (Fsp3) is 0. The molecule has 0 N–H and O–H groups in total. The molecule has 16 heavy (non-hydrogen) atoms. The van der Waals surface area contributed by atoms with Gasteiger partial charge in [-0.05, 0) is 24.3 Å². The predicted molar refractivity (Wildman–Crippen MR) is 55.0 cm³/mol. The summed E-state index contributed by atoms with van der Waals surface area (Å²) in [6, 6.07) is 6.51. The van der Waals surface area contributed by atoms with Crippen molar-refractivity contribution < 1.29 is 13.6 Å². The van der Waals surface area contributed by atoms with Gasteiger partial charge in [-0.2, -0.15) is 0 Å². The number of carbonyl (C=O) groups excluding carboxylic acids is 1. The van der Waals surface area contributed by atoms with Crippen LogP contribution in [0.25, 0.3) is 11.3 Å². The van der Waals surface area contributed by atoms with Crippen LogP contribution in [0.3, 0.4) is 0 Å². The van der Waals surface area contributed by atoms with Gasteiger partial charge in [-0.1, -0.05) is 6.07 Å². The first-order valence-corrected chi connectivity index (χ1v) is 4.58. The first-order valence-electron chi connectivity index (χ1n) is 4.58. The number of rotatable bonds is 2.